The summed E-state index contributed by atoms with van der Waals surface area (Å²) in [4.78, 5) is 2.62. The highest BCUT2D eigenvalue weighted by atomic mass is 15.2. The van der Waals surface area contributed by atoms with Crippen molar-refractivity contribution < 1.29 is 0 Å². The molecule has 2 fully saturated rings. The fourth-order valence-corrected chi connectivity index (χ4v) is 2.48. The van der Waals surface area contributed by atoms with Crippen molar-refractivity contribution >= 4 is 0 Å². The van der Waals surface area contributed by atoms with Crippen molar-refractivity contribution in [2.24, 2.45) is 0 Å². The molecule has 1 saturated heterocycles. The first kappa shape index (κ1) is 11.4. The predicted molar refractivity (Wildman–Crippen MR) is 64.2 cm³/mol. The Morgan fingerprint density at radius 2 is 1.93 bits per heavy atom. The maximum Gasteiger partial charge on any atom is 0.0110 e. The first-order chi connectivity index (χ1) is 7.40. The number of nitrogens with zero attached hydrogens (tertiary/aromatic N) is 1. The van der Waals surface area contributed by atoms with E-state index in [1.54, 1.807) is 0 Å². The van der Waals surface area contributed by atoms with Crippen LogP contribution < -0.4 is 10.6 Å². The molecule has 0 unspecified atom stereocenters. The summed E-state index contributed by atoms with van der Waals surface area (Å²) >= 11 is 0. The summed E-state index contributed by atoms with van der Waals surface area (Å²) in [5.41, 5.74) is 0. The normalized spacial score (nSPS) is 23.6. The van der Waals surface area contributed by atoms with E-state index in [-0.39, 0.29) is 0 Å². The molecule has 0 bridgehead atoms. The zero-order chi connectivity index (χ0) is 10.5. The zero-order valence-electron chi connectivity index (χ0n) is 9.97. The van der Waals surface area contributed by atoms with Crippen molar-refractivity contribution in [2.75, 3.05) is 32.7 Å². The van der Waals surface area contributed by atoms with Gasteiger partial charge in [0.15, 0.2) is 0 Å². The topological polar surface area (TPSA) is 27.3 Å². The van der Waals surface area contributed by atoms with Gasteiger partial charge < -0.3 is 10.6 Å². The second-order valence-corrected chi connectivity index (χ2v) is 4.84. The van der Waals surface area contributed by atoms with E-state index in [1.807, 2.05) is 0 Å². The van der Waals surface area contributed by atoms with Gasteiger partial charge in [0.05, 0.1) is 0 Å². The summed E-state index contributed by atoms with van der Waals surface area (Å²) in [5.74, 6) is 0. The maximum atomic E-state index is 3.69. The van der Waals surface area contributed by atoms with Gasteiger partial charge in [-0.15, -0.1) is 0 Å². The molecule has 0 aromatic rings. The van der Waals surface area contributed by atoms with Gasteiger partial charge in [0.1, 0.15) is 0 Å². The highest BCUT2D eigenvalue weighted by Gasteiger charge is 2.27. The molecule has 0 amide bonds. The van der Waals surface area contributed by atoms with Crippen LogP contribution >= 0.6 is 0 Å². The van der Waals surface area contributed by atoms with Crippen molar-refractivity contribution in [3.63, 3.8) is 0 Å². The zero-order valence-corrected chi connectivity index (χ0v) is 9.97. The minimum atomic E-state index is 0.768. The number of likely N-dealkylation sites (N-methyl/N-ethyl adjacent to an activating group) is 1. The number of hydrogen-bond donors (Lipinski definition) is 2. The molecule has 1 saturated carbocycles. The fourth-order valence-electron chi connectivity index (χ4n) is 2.48. The van der Waals surface area contributed by atoms with E-state index >= 15 is 0 Å². The van der Waals surface area contributed by atoms with Gasteiger partial charge in [0.2, 0.25) is 0 Å². The Hall–Kier alpha value is -0.120. The molecule has 1 heterocycles. The van der Waals surface area contributed by atoms with Crippen molar-refractivity contribution in [1.29, 1.82) is 0 Å². The maximum absolute atomic E-state index is 3.69. The van der Waals surface area contributed by atoms with Gasteiger partial charge in [0.25, 0.3) is 0 Å². The highest BCUT2D eigenvalue weighted by Crippen LogP contribution is 2.25. The SMILES string of the molecule is CCN(CCNC1CCNCC1)C1CC1. The first-order valence-electron chi connectivity index (χ1n) is 6.58. The second kappa shape index (κ2) is 5.83. The number of nitrogens with one attached hydrogen (secondary N) is 2. The Kier molecular flexibility index (Phi) is 4.42. The smallest absolute Gasteiger partial charge is 0.0110 e. The van der Waals surface area contributed by atoms with E-state index in [1.165, 1.54) is 58.4 Å². The van der Waals surface area contributed by atoms with Crippen LogP contribution in [0.25, 0.3) is 0 Å². The second-order valence-electron chi connectivity index (χ2n) is 4.84. The van der Waals surface area contributed by atoms with Crippen LogP contribution in [0, 0.1) is 0 Å². The summed E-state index contributed by atoms with van der Waals surface area (Å²) in [5, 5.41) is 7.09. The Labute approximate surface area is 93.6 Å². The molecule has 0 atom stereocenters. The molecular weight excluding hydrogens is 186 g/mol. The number of hydrogen-bond acceptors (Lipinski definition) is 3. The molecule has 3 nitrogen and oxygen atoms in total. The van der Waals surface area contributed by atoms with Crippen molar-refractivity contribution in [3.8, 4) is 0 Å². The van der Waals surface area contributed by atoms with Gasteiger partial charge in [-0.1, -0.05) is 6.92 Å². The predicted octanol–water partition coefficient (Wildman–Crippen LogP) is 0.812. The average molecular weight is 211 g/mol. The van der Waals surface area contributed by atoms with E-state index in [0.29, 0.717) is 0 Å². The van der Waals surface area contributed by atoms with Gasteiger partial charge in [-0.3, -0.25) is 4.90 Å². The number of rotatable bonds is 6. The third-order valence-corrected chi connectivity index (χ3v) is 3.64. The lowest BCUT2D eigenvalue weighted by Crippen LogP contribution is -2.43. The van der Waals surface area contributed by atoms with Gasteiger partial charge in [-0.25, -0.2) is 0 Å². The van der Waals surface area contributed by atoms with E-state index < -0.39 is 0 Å². The molecule has 1 aliphatic heterocycles. The molecular formula is C12H25N3. The largest absolute Gasteiger partial charge is 0.317 e. The summed E-state index contributed by atoms with van der Waals surface area (Å²) in [6, 6.07) is 1.69. The Balaban J connectivity index is 1.56. The molecule has 0 aromatic heterocycles. The Morgan fingerprint density at radius 3 is 2.53 bits per heavy atom. The van der Waals surface area contributed by atoms with Crippen LogP contribution in [0.2, 0.25) is 0 Å². The van der Waals surface area contributed by atoms with E-state index in [2.05, 4.69) is 22.5 Å². The summed E-state index contributed by atoms with van der Waals surface area (Å²) in [6.45, 7) is 8.30. The summed E-state index contributed by atoms with van der Waals surface area (Å²) < 4.78 is 0. The highest BCUT2D eigenvalue weighted by molar-refractivity contribution is 4.84. The van der Waals surface area contributed by atoms with Gasteiger partial charge in [-0.2, -0.15) is 0 Å². The molecule has 2 N–H and O–H groups in total. The Morgan fingerprint density at radius 1 is 1.20 bits per heavy atom. The van der Waals surface area contributed by atoms with Crippen LogP contribution in [-0.4, -0.2) is 49.7 Å². The molecule has 1 aliphatic carbocycles. The molecule has 0 aromatic carbocycles. The van der Waals surface area contributed by atoms with Gasteiger partial charge >= 0.3 is 0 Å². The van der Waals surface area contributed by atoms with Crippen molar-refractivity contribution in [2.45, 2.75) is 44.7 Å². The van der Waals surface area contributed by atoms with Gasteiger partial charge in [0, 0.05) is 25.2 Å². The van der Waals surface area contributed by atoms with Crippen LogP contribution in [0.4, 0.5) is 0 Å². The van der Waals surface area contributed by atoms with E-state index in [4.69, 9.17) is 0 Å². The lowest BCUT2D eigenvalue weighted by atomic mass is 10.1. The van der Waals surface area contributed by atoms with Crippen molar-refractivity contribution in [3.05, 3.63) is 0 Å². The molecule has 2 rings (SSSR count). The van der Waals surface area contributed by atoms with E-state index in [9.17, 15) is 0 Å². The van der Waals surface area contributed by atoms with Crippen LogP contribution in [0.3, 0.4) is 0 Å². The van der Waals surface area contributed by atoms with Crippen molar-refractivity contribution in [1.82, 2.24) is 15.5 Å². The molecule has 88 valence electrons. The third kappa shape index (κ3) is 3.74. The third-order valence-electron chi connectivity index (χ3n) is 3.64. The van der Waals surface area contributed by atoms with Crippen LogP contribution in [0.1, 0.15) is 32.6 Å². The van der Waals surface area contributed by atoms with Crippen LogP contribution in [0.5, 0.6) is 0 Å². The first-order valence-corrected chi connectivity index (χ1v) is 6.58. The fraction of sp³-hybridized carbons (Fsp3) is 1.00. The van der Waals surface area contributed by atoms with Crippen LogP contribution in [0.15, 0.2) is 0 Å². The standard InChI is InChI=1S/C12H25N3/c1-2-15(12-3-4-12)10-9-14-11-5-7-13-8-6-11/h11-14H,2-10H2,1H3. The molecule has 0 spiro atoms. The molecule has 0 radical (unpaired) electrons. The lowest BCUT2D eigenvalue weighted by molar-refractivity contribution is 0.266. The van der Waals surface area contributed by atoms with Crippen LogP contribution in [-0.2, 0) is 0 Å². The molecule has 3 heteroatoms. The molecule has 15 heavy (non-hydrogen) atoms. The lowest BCUT2D eigenvalue weighted by Gasteiger charge is -2.26. The Bertz CT molecular complexity index is 174. The summed E-state index contributed by atoms with van der Waals surface area (Å²) in [6.07, 6.45) is 5.47. The number of piperidine rings is 1. The van der Waals surface area contributed by atoms with Gasteiger partial charge in [-0.05, 0) is 45.3 Å². The summed E-state index contributed by atoms with van der Waals surface area (Å²) in [7, 11) is 0. The van der Waals surface area contributed by atoms with E-state index in [0.717, 1.165) is 12.1 Å². The quantitative estimate of drug-likeness (QED) is 0.681. The average Bonchev–Trinajstić information content (AvgIpc) is 3.10. The molecule has 2 aliphatic rings. The minimum absolute atomic E-state index is 0.768. The minimum Gasteiger partial charge on any atom is -0.317 e. The monoisotopic (exact) mass is 211 g/mol.